The van der Waals surface area contributed by atoms with E-state index in [9.17, 15) is 0 Å². The molecular weight excluding hydrogens is 893 g/mol. The molecule has 74 heavy (non-hydrogen) atoms. The van der Waals surface area contributed by atoms with E-state index in [1.54, 1.807) is 0 Å². The Hall–Kier alpha value is -5.86. The molecular formula is C72H80N2. The van der Waals surface area contributed by atoms with Crippen LogP contribution in [0.4, 0.5) is 0 Å². The van der Waals surface area contributed by atoms with Crippen molar-refractivity contribution in [2.24, 2.45) is 0 Å². The van der Waals surface area contributed by atoms with Crippen molar-refractivity contribution in [2.75, 3.05) is 0 Å². The molecule has 2 aliphatic carbocycles. The molecule has 0 amide bonds. The largest absolute Gasteiger partial charge is 0.308 e. The van der Waals surface area contributed by atoms with Crippen molar-refractivity contribution in [3.63, 3.8) is 0 Å². The molecule has 0 aliphatic heterocycles. The molecule has 0 saturated carbocycles. The topological polar surface area (TPSA) is 8.82 Å². The quantitative estimate of drug-likeness (QED) is 0.163. The number of fused-ring (bicyclic) bond motifs is 16. The minimum atomic E-state index is 0.0135. The molecule has 2 heteroatoms. The number of rotatable bonds is 2. The van der Waals surface area contributed by atoms with E-state index in [1.807, 2.05) is 0 Å². The third-order valence-corrected chi connectivity index (χ3v) is 18.9. The van der Waals surface area contributed by atoms with E-state index in [4.69, 9.17) is 0 Å². The number of aromatic nitrogens is 2. The van der Waals surface area contributed by atoms with E-state index < -0.39 is 0 Å². The molecule has 11 aromatic rings. The zero-order valence-corrected chi connectivity index (χ0v) is 48.5. The maximum Gasteiger partial charge on any atom is 0.0634 e. The van der Waals surface area contributed by atoms with Crippen LogP contribution in [0.25, 0.3) is 98.4 Å². The van der Waals surface area contributed by atoms with Crippen LogP contribution in [0.2, 0.25) is 0 Å². The Morgan fingerprint density at radius 3 is 0.851 bits per heavy atom. The summed E-state index contributed by atoms with van der Waals surface area (Å²) in [6.07, 6.45) is 2.27. The molecule has 0 N–H and O–H groups in total. The van der Waals surface area contributed by atoms with Crippen molar-refractivity contribution in [1.82, 2.24) is 8.80 Å². The second kappa shape index (κ2) is 14.1. The average molecular weight is 973 g/mol. The molecule has 4 aromatic heterocycles. The van der Waals surface area contributed by atoms with Gasteiger partial charge in [0.1, 0.15) is 0 Å². The summed E-state index contributed by atoms with van der Waals surface area (Å²) in [6, 6.07) is 40.4. The number of hydrogen-bond donors (Lipinski definition) is 0. The Labute approximate surface area is 441 Å². The van der Waals surface area contributed by atoms with E-state index in [-0.39, 0.29) is 43.3 Å². The lowest BCUT2D eigenvalue weighted by Gasteiger charge is -2.26. The molecule has 0 fully saturated rings. The second-order valence-electron chi connectivity index (χ2n) is 30.6. The van der Waals surface area contributed by atoms with Crippen LogP contribution in [0.5, 0.6) is 0 Å². The standard InChI is InChI=1S/C72H80N2/c1-65(2,3)43-25-41(26-44(31-43)66(4,5)6)39-21-23-55-47(29-39)59-61-49-33-51-54(72(19,20)37-69(51,13)14)36-58(49)74-56-24-22-40(42-27-45(67(7,8)9)32-46(28-42)68(10,11)12)30-48(56)60(64(61)74)62-50-34-52-53(35-57(50)73(55)63(59)62)71(17,18)38-70(52,15)16/h21-36H,37-38H2,1-20H3. The van der Waals surface area contributed by atoms with E-state index >= 15 is 0 Å². The van der Waals surface area contributed by atoms with Crippen molar-refractivity contribution in [3.8, 4) is 22.3 Å². The minimum Gasteiger partial charge on any atom is -0.308 e. The Morgan fingerprint density at radius 2 is 0.568 bits per heavy atom. The fourth-order valence-electron chi connectivity index (χ4n) is 15.3. The molecule has 0 radical (unpaired) electrons. The fourth-order valence-corrected chi connectivity index (χ4v) is 15.3. The van der Waals surface area contributed by atoms with Crippen LogP contribution in [0, 0.1) is 0 Å². The van der Waals surface area contributed by atoms with Gasteiger partial charge < -0.3 is 8.80 Å². The zero-order chi connectivity index (χ0) is 52.9. The SMILES string of the molecule is CC(C)(C)c1cc(-c2ccc3c(c2)c2c4c5cc6c(cc5n5c7ccc(-c8cc(C(C)(C)C)cc(C(C)(C)C)c8)cc7c(c7c8cc9c(cc8n3c27)C(C)(C)CC9(C)C)c45)C(C)(C)CC6(C)C)cc(C(C)(C)C)c1. The van der Waals surface area contributed by atoms with Crippen LogP contribution in [-0.2, 0) is 43.3 Å². The Morgan fingerprint density at radius 1 is 0.297 bits per heavy atom. The van der Waals surface area contributed by atoms with Crippen molar-refractivity contribution in [1.29, 1.82) is 0 Å². The molecule has 7 aromatic carbocycles. The lowest BCUT2D eigenvalue weighted by molar-refractivity contribution is 0.403. The van der Waals surface area contributed by atoms with Gasteiger partial charge in [-0.1, -0.05) is 187 Å². The fraction of sp³-hybridized carbons (Fsp3) is 0.417. The van der Waals surface area contributed by atoms with Gasteiger partial charge in [0.25, 0.3) is 0 Å². The Kier molecular flexibility index (Phi) is 9.14. The summed E-state index contributed by atoms with van der Waals surface area (Å²) in [7, 11) is 0. The lowest BCUT2D eigenvalue weighted by atomic mass is 9.79. The minimum absolute atomic E-state index is 0.0135. The Balaban J connectivity index is 1.26. The maximum atomic E-state index is 2.72. The highest BCUT2D eigenvalue weighted by Gasteiger charge is 2.45. The van der Waals surface area contributed by atoms with Crippen molar-refractivity contribution in [2.45, 2.75) is 195 Å². The van der Waals surface area contributed by atoms with Gasteiger partial charge >= 0.3 is 0 Å². The molecule has 0 saturated heterocycles. The van der Waals surface area contributed by atoms with Crippen LogP contribution in [0.15, 0.2) is 97.1 Å². The van der Waals surface area contributed by atoms with Gasteiger partial charge in [0, 0.05) is 43.1 Å². The van der Waals surface area contributed by atoms with Gasteiger partial charge in [0.05, 0.1) is 33.1 Å². The van der Waals surface area contributed by atoms with Crippen molar-refractivity contribution < 1.29 is 0 Å². The Bertz CT molecular complexity index is 3910. The molecule has 0 bridgehead atoms. The molecule has 0 unspecified atom stereocenters. The summed E-state index contributed by atoms with van der Waals surface area (Å²) in [5.41, 5.74) is 25.0. The first kappa shape index (κ1) is 47.8. The van der Waals surface area contributed by atoms with Gasteiger partial charge in [-0.3, -0.25) is 0 Å². The summed E-state index contributed by atoms with van der Waals surface area (Å²) in [6.45, 7) is 48.1. The van der Waals surface area contributed by atoms with Gasteiger partial charge in [-0.05, 0) is 171 Å². The molecule has 0 atom stereocenters. The summed E-state index contributed by atoms with van der Waals surface area (Å²) in [4.78, 5) is 0. The molecule has 0 spiro atoms. The monoisotopic (exact) mass is 973 g/mol. The second-order valence-corrected chi connectivity index (χ2v) is 30.6. The average Bonchev–Trinajstić information content (AvgIpc) is 4.10. The van der Waals surface area contributed by atoms with Crippen LogP contribution in [0.3, 0.4) is 0 Å². The van der Waals surface area contributed by atoms with Crippen LogP contribution >= 0.6 is 0 Å². The highest BCUT2D eigenvalue weighted by atomic mass is 14.9. The first-order valence-corrected chi connectivity index (χ1v) is 28.0. The molecule has 378 valence electrons. The normalized spacial score (nSPS) is 17.8. The molecule has 2 nitrogen and oxygen atoms in total. The van der Waals surface area contributed by atoms with Gasteiger partial charge in [-0.15, -0.1) is 0 Å². The lowest BCUT2D eigenvalue weighted by Crippen LogP contribution is -2.18. The number of hydrogen-bond acceptors (Lipinski definition) is 0. The summed E-state index contributed by atoms with van der Waals surface area (Å²) in [5.74, 6) is 0. The van der Waals surface area contributed by atoms with Crippen LogP contribution < -0.4 is 0 Å². The molecule has 2 aliphatic rings. The summed E-state index contributed by atoms with van der Waals surface area (Å²) in [5, 5.41) is 11.1. The van der Waals surface area contributed by atoms with E-state index in [1.165, 1.54) is 143 Å². The highest BCUT2D eigenvalue weighted by molar-refractivity contribution is 6.45. The van der Waals surface area contributed by atoms with Crippen LogP contribution in [-0.4, -0.2) is 8.80 Å². The summed E-state index contributed by atoms with van der Waals surface area (Å²) < 4.78 is 5.44. The first-order chi connectivity index (χ1) is 34.2. The predicted molar refractivity (Wildman–Crippen MR) is 323 cm³/mol. The highest BCUT2D eigenvalue weighted by Crippen LogP contribution is 2.58. The first-order valence-electron chi connectivity index (χ1n) is 28.0. The molecule has 13 rings (SSSR count). The van der Waals surface area contributed by atoms with E-state index in [0.717, 1.165) is 12.8 Å². The van der Waals surface area contributed by atoms with Gasteiger partial charge in [-0.25, -0.2) is 0 Å². The van der Waals surface area contributed by atoms with Crippen molar-refractivity contribution >= 4 is 76.2 Å². The maximum absolute atomic E-state index is 2.72. The molecule has 4 heterocycles. The third-order valence-electron chi connectivity index (χ3n) is 18.9. The predicted octanol–water partition coefficient (Wildman–Crippen LogP) is 20.4. The van der Waals surface area contributed by atoms with Gasteiger partial charge in [-0.2, -0.15) is 0 Å². The van der Waals surface area contributed by atoms with Crippen LogP contribution in [0.1, 0.15) is 196 Å². The van der Waals surface area contributed by atoms with Gasteiger partial charge in [0.15, 0.2) is 0 Å². The summed E-state index contributed by atoms with van der Waals surface area (Å²) >= 11 is 0. The number of nitrogens with zero attached hydrogens (tertiary/aromatic N) is 2. The van der Waals surface area contributed by atoms with Gasteiger partial charge in [0.2, 0.25) is 0 Å². The third kappa shape index (κ3) is 6.48. The zero-order valence-electron chi connectivity index (χ0n) is 48.5. The number of benzene rings is 7. The van der Waals surface area contributed by atoms with Crippen molar-refractivity contribution in [3.05, 3.63) is 142 Å². The van der Waals surface area contributed by atoms with E-state index in [2.05, 4.69) is 244 Å². The van der Waals surface area contributed by atoms with E-state index in [0.29, 0.717) is 0 Å². The smallest absolute Gasteiger partial charge is 0.0634 e.